The van der Waals surface area contributed by atoms with Crippen molar-refractivity contribution in [2.24, 2.45) is 5.92 Å². The molecule has 1 fully saturated rings. The Bertz CT molecular complexity index is 583. The zero-order chi connectivity index (χ0) is 17.9. The normalized spacial score (nSPS) is 18.4. The van der Waals surface area contributed by atoms with E-state index in [0.717, 1.165) is 5.56 Å². The molecular weight excluding hydrogens is 306 g/mol. The highest BCUT2D eigenvalue weighted by Crippen LogP contribution is 2.36. The molecule has 1 heterocycles. The average molecular weight is 335 g/mol. The smallest absolute Gasteiger partial charge is 0.230 e. The quantitative estimate of drug-likeness (QED) is 0.830. The molecule has 0 saturated carbocycles. The molecule has 1 unspecified atom stereocenters. The summed E-state index contributed by atoms with van der Waals surface area (Å²) in [7, 11) is 3.22. The lowest BCUT2D eigenvalue weighted by Gasteiger charge is -2.44. The molecule has 134 valence electrons. The summed E-state index contributed by atoms with van der Waals surface area (Å²) in [6, 6.07) is 5.73. The summed E-state index contributed by atoms with van der Waals surface area (Å²) in [4.78, 5) is 15.3. The van der Waals surface area contributed by atoms with Gasteiger partial charge in [0.15, 0.2) is 11.5 Å². The lowest BCUT2D eigenvalue weighted by molar-refractivity contribution is -0.149. The van der Waals surface area contributed by atoms with Crippen molar-refractivity contribution in [3.63, 3.8) is 0 Å². The van der Waals surface area contributed by atoms with E-state index in [2.05, 4.69) is 27.7 Å². The highest BCUT2D eigenvalue weighted by atomic mass is 16.5. The number of carbonyl (C=O) groups is 1. The summed E-state index contributed by atoms with van der Waals surface area (Å²) in [6.45, 7) is 10.0. The summed E-state index contributed by atoms with van der Waals surface area (Å²) in [5, 5.41) is 0. The summed E-state index contributed by atoms with van der Waals surface area (Å²) in [5.74, 6) is 1.42. The fourth-order valence-corrected chi connectivity index (χ4v) is 3.29. The van der Waals surface area contributed by atoms with Gasteiger partial charge in [0, 0.05) is 6.54 Å². The Morgan fingerprint density at radius 2 is 1.88 bits per heavy atom. The molecule has 1 aliphatic rings. The number of hydrogen-bond acceptors (Lipinski definition) is 4. The van der Waals surface area contributed by atoms with E-state index in [1.165, 1.54) is 0 Å². The van der Waals surface area contributed by atoms with Crippen LogP contribution in [0, 0.1) is 5.92 Å². The van der Waals surface area contributed by atoms with Gasteiger partial charge in [-0.2, -0.15) is 0 Å². The zero-order valence-corrected chi connectivity index (χ0v) is 15.6. The van der Waals surface area contributed by atoms with E-state index in [1.807, 2.05) is 23.1 Å². The van der Waals surface area contributed by atoms with Crippen molar-refractivity contribution < 1.29 is 19.0 Å². The molecule has 0 aromatic heterocycles. The number of methoxy groups -OCH3 is 2. The van der Waals surface area contributed by atoms with E-state index < -0.39 is 0 Å². The van der Waals surface area contributed by atoms with E-state index >= 15 is 0 Å². The first-order chi connectivity index (χ1) is 11.3. The predicted octanol–water partition coefficient (Wildman–Crippen LogP) is 3.08. The molecule has 5 nitrogen and oxygen atoms in total. The molecule has 0 N–H and O–H groups in total. The maximum absolute atomic E-state index is 13.3. The molecule has 1 aliphatic heterocycles. The Hall–Kier alpha value is -1.75. The third-order valence-corrected chi connectivity index (χ3v) is 4.61. The molecule has 24 heavy (non-hydrogen) atoms. The fourth-order valence-electron chi connectivity index (χ4n) is 3.29. The molecule has 1 aromatic carbocycles. The van der Waals surface area contributed by atoms with Crippen molar-refractivity contribution in [3.05, 3.63) is 23.8 Å². The summed E-state index contributed by atoms with van der Waals surface area (Å²) in [5.41, 5.74) is 0.661. The molecule has 0 spiro atoms. The molecule has 1 amide bonds. The van der Waals surface area contributed by atoms with E-state index in [9.17, 15) is 4.79 Å². The maximum Gasteiger partial charge on any atom is 0.230 e. The van der Waals surface area contributed by atoms with Gasteiger partial charge < -0.3 is 19.1 Å². The molecule has 1 aromatic rings. The summed E-state index contributed by atoms with van der Waals surface area (Å²) < 4.78 is 16.3. The molecule has 0 bridgehead atoms. The van der Waals surface area contributed by atoms with E-state index in [0.29, 0.717) is 31.3 Å². The molecule has 5 heteroatoms. The van der Waals surface area contributed by atoms with E-state index in [4.69, 9.17) is 14.2 Å². The second kappa shape index (κ2) is 7.43. The van der Waals surface area contributed by atoms with Gasteiger partial charge in [0.2, 0.25) is 5.91 Å². The molecule has 0 radical (unpaired) electrons. The Labute approximate surface area is 144 Å². The topological polar surface area (TPSA) is 48.0 Å². The van der Waals surface area contributed by atoms with Gasteiger partial charge in [0.05, 0.1) is 38.9 Å². The summed E-state index contributed by atoms with van der Waals surface area (Å²) >= 11 is 0. The lowest BCUT2D eigenvalue weighted by Crippen LogP contribution is -2.57. The van der Waals surface area contributed by atoms with Crippen LogP contribution in [-0.2, 0) is 9.53 Å². The highest BCUT2D eigenvalue weighted by molar-refractivity contribution is 5.85. The fraction of sp³-hybridized carbons (Fsp3) is 0.632. The van der Waals surface area contributed by atoms with Crippen LogP contribution >= 0.6 is 0 Å². The van der Waals surface area contributed by atoms with Gasteiger partial charge in [-0.3, -0.25) is 4.79 Å². The van der Waals surface area contributed by atoms with Crippen LogP contribution in [0.4, 0.5) is 0 Å². The van der Waals surface area contributed by atoms with E-state index in [-0.39, 0.29) is 23.3 Å². The van der Waals surface area contributed by atoms with Gasteiger partial charge in [-0.05, 0) is 37.5 Å². The van der Waals surface area contributed by atoms with Gasteiger partial charge in [-0.25, -0.2) is 0 Å². The van der Waals surface area contributed by atoms with Crippen LogP contribution < -0.4 is 9.47 Å². The van der Waals surface area contributed by atoms with Crippen LogP contribution in [0.5, 0.6) is 11.5 Å². The second-order valence-corrected chi connectivity index (χ2v) is 7.19. The Morgan fingerprint density at radius 1 is 1.21 bits per heavy atom. The van der Waals surface area contributed by atoms with Crippen molar-refractivity contribution in [1.82, 2.24) is 4.90 Å². The van der Waals surface area contributed by atoms with Crippen LogP contribution in [0.1, 0.15) is 39.2 Å². The van der Waals surface area contributed by atoms with Gasteiger partial charge >= 0.3 is 0 Å². The van der Waals surface area contributed by atoms with Crippen molar-refractivity contribution in [2.45, 2.75) is 39.2 Å². The molecule has 2 rings (SSSR count). The highest BCUT2D eigenvalue weighted by Gasteiger charge is 2.38. The van der Waals surface area contributed by atoms with Crippen molar-refractivity contribution in [2.75, 3.05) is 34.0 Å². The van der Waals surface area contributed by atoms with Crippen LogP contribution in [0.2, 0.25) is 0 Å². The number of hydrogen-bond donors (Lipinski definition) is 0. The van der Waals surface area contributed by atoms with Crippen molar-refractivity contribution in [1.29, 1.82) is 0 Å². The van der Waals surface area contributed by atoms with Gasteiger partial charge in [-0.1, -0.05) is 19.9 Å². The monoisotopic (exact) mass is 335 g/mol. The third-order valence-electron chi connectivity index (χ3n) is 4.61. The van der Waals surface area contributed by atoms with Gasteiger partial charge in [0.1, 0.15) is 0 Å². The predicted molar refractivity (Wildman–Crippen MR) is 93.7 cm³/mol. The standard InChI is InChI=1S/C19H29NO4/c1-13(2)17(14-7-8-15(22-5)16(11-14)23-6)18(21)20-9-10-24-12-19(20,3)4/h7-8,11,13,17H,9-10,12H2,1-6H3. The van der Waals surface area contributed by atoms with Crippen LogP contribution in [0.3, 0.4) is 0 Å². The van der Waals surface area contributed by atoms with Crippen molar-refractivity contribution in [3.8, 4) is 11.5 Å². The van der Waals surface area contributed by atoms with Gasteiger partial charge in [0.25, 0.3) is 0 Å². The average Bonchev–Trinajstić information content (AvgIpc) is 2.53. The van der Waals surface area contributed by atoms with Crippen LogP contribution in [0.15, 0.2) is 18.2 Å². The lowest BCUT2D eigenvalue weighted by atomic mass is 9.85. The number of amides is 1. The number of morpholine rings is 1. The number of benzene rings is 1. The Kier molecular flexibility index (Phi) is 5.75. The minimum absolute atomic E-state index is 0.144. The van der Waals surface area contributed by atoms with Gasteiger partial charge in [-0.15, -0.1) is 0 Å². The largest absolute Gasteiger partial charge is 0.493 e. The van der Waals surface area contributed by atoms with Crippen molar-refractivity contribution >= 4 is 5.91 Å². The minimum Gasteiger partial charge on any atom is -0.493 e. The molecule has 1 atom stereocenters. The van der Waals surface area contributed by atoms with Crippen LogP contribution in [0.25, 0.3) is 0 Å². The number of rotatable bonds is 5. The first-order valence-corrected chi connectivity index (χ1v) is 8.43. The first kappa shape index (κ1) is 18.6. The molecular formula is C19H29NO4. The number of carbonyl (C=O) groups excluding carboxylic acids is 1. The first-order valence-electron chi connectivity index (χ1n) is 8.43. The molecule has 1 saturated heterocycles. The Balaban J connectivity index is 2.37. The number of nitrogens with zero attached hydrogens (tertiary/aromatic N) is 1. The van der Waals surface area contributed by atoms with E-state index in [1.54, 1.807) is 14.2 Å². The zero-order valence-electron chi connectivity index (χ0n) is 15.6. The summed E-state index contributed by atoms with van der Waals surface area (Å²) in [6.07, 6.45) is 0. The number of ether oxygens (including phenoxy) is 3. The maximum atomic E-state index is 13.3. The second-order valence-electron chi connectivity index (χ2n) is 7.19. The third kappa shape index (κ3) is 3.66. The van der Waals surface area contributed by atoms with Crippen LogP contribution in [-0.4, -0.2) is 50.3 Å². The Morgan fingerprint density at radius 3 is 2.42 bits per heavy atom. The SMILES string of the molecule is COc1ccc(C(C(=O)N2CCOCC2(C)C)C(C)C)cc1OC. The minimum atomic E-state index is -0.293. The molecule has 0 aliphatic carbocycles.